The van der Waals surface area contributed by atoms with Crippen molar-refractivity contribution in [1.82, 2.24) is 0 Å². The standard InChI is InChI=1S/C15H21ClO2/c1-4-12-9-13(11-14(16)10-12)7-8-15(17-5-2)18-6-3/h7-11,15H,4-6H2,1-3H3/b8-7+. The molecule has 0 amide bonds. The molecule has 0 heterocycles. The maximum atomic E-state index is 6.07. The first-order chi connectivity index (χ1) is 8.69. The molecular formula is C15H21ClO2. The molecule has 0 aliphatic heterocycles. The summed E-state index contributed by atoms with van der Waals surface area (Å²) in [7, 11) is 0. The Morgan fingerprint density at radius 3 is 2.33 bits per heavy atom. The van der Waals surface area contributed by atoms with Crippen molar-refractivity contribution in [3.63, 3.8) is 0 Å². The summed E-state index contributed by atoms with van der Waals surface area (Å²) in [4.78, 5) is 0. The zero-order valence-corrected chi connectivity index (χ0v) is 12.0. The van der Waals surface area contributed by atoms with Crippen LogP contribution >= 0.6 is 11.6 Å². The smallest absolute Gasteiger partial charge is 0.177 e. The first kappa shape index (κ1) is 15.2. The van der Waals surface area contributed by atoms with Crippen LogP contribution in [0.2, 0.25) is 5.02 Å². The van der Waals surface area contributed by atoms with E-state index in [4.69, 9.17) is 21.1 Å². The van der Waals surface area contributed by atoms with E-state index >= 15 is 0 Å². The molecule has 2 nitrogen and oxygen atoms in total. The highest BCUT2D eigenvalue weighted by Crippen LogP contribution is 2.17. The van der Waals surface area contributed by atoms with Crippen molar-refractivity contribution in [2.24, 2.45) is 0 Å². The Bertz CT molecular complexity index is 382. The summed E-state index contributed by atoms with van der Waals surface area (Å²) >= 11 is 6.07. The molecule has 1 aromatic rings. The van der Waals surface area contributed by atoms with Gasteiger partial charge in [0.25, 0.3) is 0 Å². The van der Waals surface area contributed by atoms with Crippen molar-refractivity contribution in [1.29, 1.82) is 0 Å². The number of aryl methyl sites for hydroxylation is 1. The Hall–Kier alpha value is -0.830. The van der Waals surface area contributed by atoms with Gasteiger partial charge in [-0.05, 0) is 49.6 Å². The molecule has 0 saturated heterocycles. The summed E-state index contributed by atoms with van der Waals surface area (Å²) in [6.07, 6.45) is 4.59. The van der Waals surface area contributed by atoms with Crippen LogP contribution in [0.15, 0.2) is 24.3 Å². The minimum absolute atomic E-state index is 0.288. The Labute approximate surface area is 115 Å². The van der Waals surface area contributed by atoms with Gasteiger partial charge in [0.1, 0.15) is 0 Å². The third-order valence-corrected chi connectivity index (χ3v) is 2.71. The minimum Gasteiger partial charge on any atom is -0.349 e. The van der Waals surface area contributed by atoms with Crippen molar-refractivity contribution in [3.8, 4) is 0 Å². The predicted molar refractivity (Wildman–Crippen MR) is 76.9 cm³/mol. The van der Waals surface area contributed by atoms with Crippen LogP contribution < -0.4 is 0 Å². The van der Waals surface area contributed by atoms with Crippen molar-refractivity contribution in [2.45, 2.75) is 33.5 Å². The lowest BCUT2D eigenvalue weighted by atomic mass is 10.1. The fraction of sp³-hybridized carbons (Fsp3) is 0.467. The zero-order chi connectivity index (χ0) is 13.4. The molecule has 1 rings (SSSR count). The van der Waals surface area contributed by atoms with Gasteiger partial charge in [-0.2, -0.15) is 0 Å². The van der Waals surface area contributed by atoms with Gasteiger partial charge in [-0.15, -0.1) is 0 Å². The Morgan fingerprint density at radius 1 is 1.11 bits per heavy atom. The number of hydrogen-bond donors (Lipinski definition) is 0. The monoisotopic (exact) mass is 268 g/mol. The lowest BCUT2D eigenvalue weighted by Gasteiger charge is -2.12. The minimum atomic E-state index is -0.288. The molecule has 0 spiro atoms. The fourth-order valence-corrected chi connectivity index (χ4v) is 1.92. The molecule has 0 unspecified atom stereocenters. The van der Waals surface area contributed by atoms with E-state index in [1.165, 1.54) is 5.56 Å². The molecule has 0 N–H and O–H groups in total. The van der Waals surface area contributed by atoms with Gasteiger partial charge in [-0.3, -0.25) is 0 Å². The summed E-state index contributed by atoms with van der Waals surface area (Å²) in [5.74, 6) is 0. The van der Waals surface area contributed by atoms with E-state index in [0.29, 0.717) is 13.2 Å². The molecular weight excluding hydrogens is 248 g/mol. The lowest BCUT2D eigenvalue weighted by molar-refractivity contribution is -0.103. The van der Waals surface area contributed by atoms with Crippen LogP contribution in [0.4, 0.5) is 0 Å². The van der Waals surface area contributed by atoms with Crippen LogP contribution in [0, 0.1) is 0 Å². The summed E-state index contributed by atoms with van der Waals surface area (Å²) in [6.45, 7) is 7.28. The molecule has 18 heavy (non-hydrogen) atoms. The van der Waals surface area contributed by atoms with Gasteiger partial charge < -0.3 is 9.47 Å². The first-order valence-corrected chi connectivity index (χ1v) is 6.78. The van der Waals surface area contributed by atoms with Crippen LogP contribution in [-0.2, 0) is 15.9 Å². The predicted octanol–water partition coefficient (Wildman–Crippen LogP) is 4.31. The third-order valence-electron chi connectivity index (χ3n) is 2.50. The maximum absolute atomic E-state index is 6.07. The molecule has 100 valence electrons. The summed E-state index contributed by atoms with van der Waals surface area (Å²) in [6, 6.07) is 6.05. The fourth-order valence-electron chi connectivity index (χ4n) is 1.65. The second-order valence-corrected chi connectivity index (χ2v) is 4.32. The Balaban J connectivity index is 2.77. The van der Waals surface area contributed by atoms with Crippen LogP contribution in [0.5, 0.6) is 0 Å². The quantitative estimate of drug-likeness (QED) is 0.686. The van der Waals surface area contributed by atoms with Crippen molar-refractivity contribution in [3.05, 3.63) is 40.4 Å². The van der Waals surface area contributed by atoms with Gasteiger partial charge in [-0.1, -0.05) is 30.7 Å². The molecule has 0 bridgehead atoms. The van der Waals surface area contributed by atoms with Crippen molar-refractivity contribution in [2.75, 3.05) is 13.2 Å². The Kier molecular flexibility index (Phi) is 7.02. The average Bonchev–Trinajstić information content (AvgIpc) is 2.36. The SMILES string of the molecule is CCOC(/C=C/c1cc(Cl)cc(CC)c1)OCC. The molecule has 0 aliphatic rings. The van der Waals surface area contributed by atoms with E-state index in [2.05, 4.69) is 13.0 Å². The molecule has 0 atom stereocenters. The second kappa shape index (κ2) is 8.30. The van der Waals surface area contributed by atoms with Gasteiger partial charge in [0, 0.05) is 18.2 Å². The van der Waals surface area contributed by atoms with Gasteiger partial charge in [0.15, 0.2) is 6.29 Å². The van der Waals surface area contributed by atoms with Gasteiger partial charge in [-0.25, -0.2) is 0 Å². The molecule has 0 radical (unpaired) electrons. The van der Waals surface area contributed by atoms with E-state index in [1.807, 2.05) is 38.1 Å². The van der Waals surface area contributed by atoms with Gasteiger partial charge in [0.2, 0.25) is 0 Å². The number of hydrogen-bond acceptors (Lipinski definition) is 2. The van der Waals surface area contributed by atoms with E-state index in [0.717, 1.165) is 17.0 Å². The number of ether oxygens (including phenoxy) is 2. The topological polar surface area (TPSA) is 18.5 Å². The van der Waals surface area contributed by atoms with Gasteiger partial charge in [0.05, 0.1) is 0 Å². The molecule has 0 fully saturated rings. The zero-order valence-electron chi connectivity index (χ0n) is 11.3. The van der Waals surface area contributed by atoms with Crippen LogP contribution in [0.25, 0.3) is 6.08 Å². The van der Waals surface area contributed by atoms with Gasteiger partial charge >= 0.3 is 0 Å². The third kappa shape index (κ3) is 5.21. The average molecular weight is 269 g/mol. The number of benzene rings is 1. The molecule has 1 aromatic carbocycles. The first-order valence-electron chi connectivity index (χ1n) is 6.40. The number of halogens is 1. The highest BCUT2D eigenvalue weighted by molar-refractivity contribution is 6.30. The largest absolute Gasteiger partial charge is 0.349 e. The van der Waals surface area contributed by atoms with E-state index in [-0.39, 0.29) is 6.29 Å². The Morgan fingerprint density at radius 2 is 1.78 bits per heavy atom. The highest BCUT2D eigenvalue weighted by Gasteiger charge is 2.02. The molecule has 0 aromatic heterocycles. The summed E-state index contributed by atoms with van der Waals surface area (Å²) < 4.78 is 10.9. The van der Waals surface area contributed by atoms with E-state index < -0.39 is 0 Å². The van der Waals surface area contributed by atoms with Crippen molar-refractivity contribution >= 4 is 17.7 Å². The molecule has 0 aliphatic carbocycles. The molecule has 3 heteroatoms. The normalized spacial score (nSPS) is 11.6. The maximum Gasteiger partial charge on any atom is 0.177 e. The highest BCUT2D eigenvalue weighted by atomic mass is 35.5. The lowest BCUT2D eigenvalue weighted by Crippen LogP contribution is -2.13. The number of rotatable bonds is 7. The van der Waals surface area contributed by atoms with Crippen molar-refractivity contribution < 1.29 is 9.47 Å². The van der Waals surface area contributed by atoms with Crippen LogP contribution in [-0.4, -0.2) is 19.5 Å². The summed E-state index contributed by atoms with van der Waals surface area (Å²) in [5, 5.41) is 0.762. The second-order valence-electron chi connectivity index (χ2n) is 3.88. The molecule has 0 saturated carbocycles. The van der Waals surface area contributed by atoms with E-state index in [9.17, 15) is 0 Å². The summed E-state index contributed by atoms with van der Waals surface area (Å²) in [5.41, 5.74) is 2.30. The van der Waals surface area contributed by atoms with Crippen LogP contribution in [0.3, 0.4) is 0 Å². The van der Waals surface area contributed by atoms with Crippen LogP contribution in [0.1, 0.15) is 31.9 Å². The van der Waals surface area contributed by atoms with E-state index in [1.54, 1.807) is 0 Å².